The molecule has 0 atom stereocenters. The number of aromatic nitrogens is 3. The monoisotopic (exact) mass is 490 g/mol. The Bertz CT molecular complexity index is 1270. The van der Waals surface area contributed by atoms with E-state index in [1.165, 1.54) is 22.9 Å². The summed E-state index contributed by atoms with van der Waals surface area (Å²) in [4.78, 5) is 18.3. The maximum absolute atomic E-state index is 14.2. The van der Waals surface area contributed by atoms with Crippen molar-refractivity contribution in [3.05, 3.63) is 64.3 Å². The van der Waals surface area contributed by atoms with Crippen molar-refractivity contribution in [1.82, 2.24) is 14.8 Å². The zero-order valence-electron chi connectivity index (χ0n) is 18.3. The van der Waals surface area contributed by atoms with Crippen LogP contribution in [0.4, 0.5) is 30.4 Å². The fraction of sp³-hybridized carbons (Fsp3) is 0.348. The number of hydrogen-bond donors (Lipinski definition) is 2. The second kappa shape index (κ2) is 8.19. The van der Waals surface area contributed by atoms with E-state index >= 15 is 0 Å². The van der Waals surface area contributed by atoms with Crippen molar-refractivity contribution >= 4 is 34.7 Å². The lowest BCUT2D eigenvalue weighted by Gasteiger charge is -2.45. The maximum atomic E-state index is 14.2. The molecule has 2 aliphatic rings. The number of aryl methyl sites for hydroxylation is 1. The quantitative estimate of drug-likeness (QED) is 0.562. The van der Waals surface area contributed by atoms with E-state index in [1.807, 2.05) is 0 Å². The molecule has 5 rings (SSSR count). The summed E-state index contributed by atoms with van der Waals surface area (Å²) in [5, 5.41) is 7.09. The number of pyridine rings is 1. The van der Waals surface area contributed by atoms with Gasteiger partial charge in [0.2, 0.25) is 0 Å². The third-order valence-electron chi connectivity index (χ3n) is 6.85. The molecule has 1 aliphatic carbocycles. The van der Waals surface area contributed by atoms with E-state index in [9.17, 15) is 18.0 Å². The molecular formula is C23H22ClF3N6O. The van der Waals surface area contributed by atoms with Crippen molar-refractivity contribution in [1.29, 1.82) is 0 Å². The number of rotatable bonds is 4. The van der Waals surface area contributed by atoms with Crippen LogP contribution < -0.4 is 16.0 Å². The topological polar surface area (TPSA) is 89.1 Å². The highest BCUT2D eigenvalue weighted by molar-refractivity contribution is 6.31. The molecule has 1 saturated heterocycles. The Morgan fingerprint density at radius 2 is 1.91 bits per heavy atom. The van der Waals surface area contributed by atoms with Crippen molar-refractivity contribution in [2.45, 2.75) is 25.2 Å². The third kappa shape index (κ3) is 3.75. The molecule has 2 aromatic heterocycles. The smallest absolute Gasteiger partial charge is 0.261 e. The fourth-order valence-electron chi connectivity index (χ4n) is 5.19. The molecule has 7 nitrogen and oxygen atoms in total. The molecular weight excluding hydrogens is 469 g/mol. The molecule has 11 heteroatoms. The zero-order chi connectivity index (χ0) is 24.2. The molecule has 0 unspecified atom stereocenters. The zero-order valence-corrected chi connectivity index (χ0v) is 19.0. The third-order valence-corrected chi connectivity index (χ3v) is 7.14. The fourth-order valence-corrected chi connectivity index (χ4v) is 5.37. The first-order chi connectivity index (χ1) is 16.2. The number of nitrogens with two attached hydrogens (primary N) is 1. The van der Waals surface area contributed by atoms with Gasteiger partial charge in [0.15, 0.2) is 11.6 Å². The Balaban J connectivity index is 1.33. The lowest BCUT2D eigenvalue weighted by molar-refractivity contribution is 0.101. The van der Waals surface area contributed by atoms with E-state index in [2.05, 4.69) is 15.4 Å². The number of halogens is 4. The molecule has 1 spiro atoms. The number of anilines is 3. The summed E-state index contributed by atoms with van der Waals surface area (Å²) in [5.41, 5.74) is 7.19. The summed E-state index contributed by atoms with van der Waals surface area (Å²) in [6.45, 7) is 1.05. The second-order valence-electron chi connectivity index (χ2n) is 9.08. The Morgan fingerprint density at radius 1 is 1.21 bits per heavy atom. The van der Waals surface area contributed by atoms with Crippen LogP contribution in [-0.2, 0) is 7.05 Å². The number of carbonyl (C=O) groups excluding carboxylic acids is 1. The Kier molecular flexibility index (Phi) is 5.43. The number of carbonyl (C=O) groups is 1. The standard InChI is InChI=1S/C23H22ClF3N6O/c1-32-21(28)18(22(34)30-13-2-3-15(25)14(24)6-13)19(31-32)12-7-23(8-12)4-5-33(11-23)20-16(26)9-29-10-17(20)27/h2-3,6,9-10,12H,4-5,7-8,11,28H2,1H3,(H,30,34). The van der Waals surface area contributed by atoms with Crippen LogP contribution in [0.3, 0.4) is 0 Å². The highest BCUT2D eigenvalue weighted by Gasteiger charge is 2.51. The SMILES string of the molecule is Cn1nc(C2CC3(CCN(c4c(F)cncc4F)C3)C2)c(C(=O)Nc2ccc(F)c(Cl)c2)c1N. The Hall–Kier alpha value is -3.27. The molecule has 0 radical (unpaired) electrons. The lowest BCUT2D eigenvalue weighted by atomic mass is 9.60. The summed E-state index contributed by atoms with van der Waals surface area (Å²) in [6.07, 6.45) is 4.25. The molecule has 3 aromatic rings. The van der Waals surface area contributed by atoms with Crippen LogP contribution in [0.2, 0.25) is 5.02 Å². The van der Waals surface area contributed by atoms with E-state index in [-0.39, 0.29) is 33.4 Å². The van der Waals surface area contributed by atoms with Gasteiger partial charge in [0.05, 0.1) is 23.1 Å². The maximum Gasteiger partial charge on any atom is 0.261 e. The Morgan fingerprint density at radius 3 is 2.59 bits per heavy atom. The molecule has 1 amide bonds. The molecule has 34 heavy (non-hydrogen) atoms. The van der Waals surface area contributed by atoms with Gasteiger partial charge >= 0.3 is 0 Å². The average molecular weight is 491 g/mol. The first kappa shape index (κ1) is 22.5. The molecule has 3 heterocycles. The van der Waals surface area contributed by atoms with E-state index in [4.69, 9.17) is 17.3 Å². The predicted molar refractivity (Wildman–Crippen MR) is 122 cm³/mol. The van der Waals surface area contributed by atoms with Gasteiger partial charge < -0.3 is 16.0 Å². The minimum absolute atomic E-state index is 0.0202. The number of amides is 1. The summed E-state index contributed by atoms with van der Waals surface area (Å²) >= 11 is 5.81. The minimum atomic E-state index is -0.676. The normalized spacial score (nSPS) is 21.7. The van der Waals surface area contributed by atoms with Crippen LogP contribution >= 0.6 is 11.6 Å². The van der Waals surface area contributed by atoms with Gasteiger partial charge in [-0.25, -0.2) is 13.2 Å². The number of nitrogen functional groups attached to an aromatic ring is 1. The van der Waals surface area contributed by atoms with Crippen LogP contribution in [0.25, 0.3) is 0 Å². The molecule has 1 saturated carbocycles. The van der Waals surface area contributed by atoms with Crippen LogP contribution in [0.1, 0.15) is 41.2 Å². The van der Waals surface area contributed by atoms with E-state index < -0.39 is 23.4 Å². The molecule has 178 valence electrons. The largest absolute Gasteiger partial charge is 0.383 e. The molecule has 1 aliphatic heterocycles. The molecule has 0 bridgehead atoms. The second-order valence-corrected chi connectivity index (χ2v) is 9.49. The average Bonchev–Trinajstić information content (AvgIpc) is 3.31. The minimum Gasteiger partial charge on any atom is -0.383 e. The van der Waals surface area contributed by atoms with E-state index in [1.54, 1.807) is 11.9 Å². The number of benzene rings is 1. The van der Waals surface area contributed by atoms with Crippen molar-refractivity contribution in [2.75, 3.05) is 29.0 Å². The van der Waals surface area contributed by atoms with Gasteiger partial charge in [-0.3, -0.25) is 14.5 Å². The van der Waals surface area contributed by atoms with Gasteiger partial charge in [0, 0.05) is 31.7 Å². The van der Waals surface area contributed by atoms with E-state index in [0.29, 0.717) is 24.5 Å². The number of hydrogen-bond acceptors (Lipinski definition) is 5. The van der Waals surface area contributed by atoms with Crippen molar-refractivity contribution in [3.63, 3.8) is 0 Å². The predicted octanol–water partition coefficient (Wildman–Crippen LogP) is 4.49. The van der Waals surface area contributed by atoms with Crippen molar-refractivity contribution < 1.29 is 18.0 Å². The number of nitrogens with one attached hydrogen (secondary N) is 1. The summed E-state index contributed by atoms with van der Waals surface area (Å²) in [6, 6.07) is 3.90. The molecule has 1 aromatic carbocycles. The van der Waals surface area contributed by atoms with Crippen molar-refractivity contribution in [3.8, 4) is 0 Å². The highest BCUT2D eigenvalue weighted by Crippen LogP contribution is 2.57. The van der Waals surface area contributed by atoms with Crippen LogP contribution in [0.15, 0.2) is 30.6 Å². The lowest BCUT2D eigenvalue weighted by Crippen LogP contribution is -2.39. The molecule has 2 fully saturated rings. The van der Waals surface area contributed by atoms with Crippen LogP contribution in [-0.4, -0.2) is 33.8 Å². The van der Waals surface area contributed by atoms with E-state index in [0.717, 1.165) is 31.7 Å². The van der Waals surface area contributed by atoms with Gasteiger partial charge in [-0.15, -0.1) is 0 Å². The first-order valence-electron chi connectivity index (χ1n) is 10.8. The highest BCUT2D eigenvalue weighted by atomic mass is 35.5. The molecule has 3 N–H and O–H groups in total. The summed E-state index contributed by atoms with van der Waals surface area (Å²) < 4.78 is 43.3. The van der Waals surface area contributed by atoms with Crippen LogP contribution in [0, 0.1) is 22.9 Å². The van der Waals surface area contributed by atoms with Gasteiger partial charge in [-0.05, 0) is 42.9 Å². The van der Waals surface area contributed by atoms with Gasteiger partial charge in [-0.2, -0.15) is 5.10 Å². The van der Waals surface area contributed by atoms with Crippen LogP contribution in [0.5, 0.6) is 0 Å². The van der Waals surface area contributed by atoms with Gasteiger partial charge in [0.25, 0.3) is 5.91 Å². The summed E-state index contributed by atoms with van der Waals surface area (Å²) in [7, 11) is 1.66. The first-order valence-corrected chi connectivity index (χ1v) is 11.2. The Labute approximate surface area is 198 Å². The number of nitrogens with zero attached hydrogens (tertiary/aromatic N) is 4. The van der Waals surface area contributed by atoms with Gasteiger partial charge in [0.1, 0.15) is 22.9 Å². The van der Waals surface area contributed by atoms with Crippen molar-refractivity contribution in [2.24, 2.45) is 12.5 Å². The van der Waals surface area contributed by atoms with Gasteiger partial charge in [-0.1, -0.05) is 11.6 Å². The summed E-state index contributed by atoms with van der Waals surface area (Å²) in [5.74, 6) is -2.20.